The molecule has 1 amide bonds. The van der Waals surface area contributed by atoms with Gasteiger partial charge in [-0.25, -0.2) is 4.98 Å². The van der Waals surface area contributed by atoms with E-state index in [0.717, 1.165) is 0 Å². The summed E-state index contributed by atoms with van der Waals surface area (Å²) in [6.07, 6.45) is 3.94. The molecule has 0 aromatic carbocycles. The Bertz CT molecular complexity index is 722. The molecule has 2 aromatic rings. The summed E-state index contributed by atoms with van der Waals surface area (Å²) in [6.45, 7) is 1.87. The zero-order valence-electron chi connectivity index (χ0n) is 11.4. The fourth-order valence-electron chi connectivity index (χ4n) is 1.95. The lowest BCUT2D eigenvalue weighted by Gasteiger charge is -2.12. The number of hydrogen-bond donors (Lipinski definition) is 2. The van der Waals surface area contributed by atoms with Crippen LogP contribution in [-0.4, -0.2) is 32.9 Å². The number of carbonyl (C=O) groups excluding carboxylic acids is 1. The van der Waals surface area contributed by atoms with Gasteiger partial charge in [-0.2, -0.15) is 0 Å². The largest absolute Gasteiger partial charge is 0.481 e. The number of carbonyl (C=O) groups is 2. The van der Waals surface area contributed by atoms with Crippen LogP contribution in [0.5, 0.6) is 0 Å². The van der Waals surface area contributed by atoms with Crippen LogP contribution in [-0.2, 0) is 4.79 Å². The molecule has 2 N–H and O–H groups in total. The molecule has 0 saturated heterocycles. The lowest BCUT2D eigenvalue weighted by Crippen LogP contribution is -2.36. The van der Waals surface area contributed by atoms with Crippen LogP contribution < -0.4 is 10.9 Å². The normalized spacial score (nSPS) is 12.2. The average Bonchev–Trinajstić information content (AvgIpc) is 2.92. The first-order valence-electron chi connectivity index (χ1n) is 6.50. The van der Waals surface area contributed by atoms with E-state index in [-0.39, 0.29) is 12.1 Å². The van der Waals surface area contributed by atoms with Crippen LogP contribution in [0.25, 0.3) is 4.96 Å². The first-order chi connectivity index (χ1) is 10.0. The fourth-order valence-corrected chi connectivity index (χ4v) is 2.63. The Balaban J connectivity index is 2.13. The number of aliphatic carboxylic acids is 1. The number of rotatable bonds is 6. The third kappa shape index (κ3) is 3.27. The summed E-state index contributed by atoms with van der Waals surface area (Å²) in [7, 11) is 0. The van der Waals surface area contributed by atoms with E-state index in [1.54, 1.807) is 11.6 Å². The first-order valence-corrected chi connectivity index (χ1v) is 7.38. The van der Waals surface area contributed by atoms with Gasteiger partial charge in [0.15, 0.2) is 4.96 Å². The van der Waals surface area contributed by atoms with E-state index >= 15 is 0 Å². The molecule has 0 saturated carbocycles. The summed E-state index contributed by atoms with van der Waals surface area (Å²) in [5.74, 6) is -2.21. The molecule has 0 aliphatic heterocycles. The van der Waals surface area contributed by atoms with Gasteiger partial charge in [-0.05, 0) is 6.42 Å². The van der Waals surface area contributed by atoms with Crippen molar-refractivity contribution in [1.29, 1.82) is 0 Å². The highest BCUT2D eigenvalue weighted by Gasteiger charge is 2.19. The molecule has 2 rings (SSSR count). The number of carboxylic acids is 1. The molecule has 112 valence electrons. The van der Waals surface area contributed by atoms with Gasteiger partial charge in [0.25, 0.3) is 11.5 Å². The van der Waals surface area contributed by atoms with Gasteiger partial charge in [-0.3, -0.25) is 18.8 Å². The number of carboxylic acid groups (broad SMARTS) is 1. The predicted molar refractivity (Wildman–Crippen MR) is 77.7 cm³/mol. The van der Waals surface area contributed by atoms with Crippen molar-refractivity contribution in [2.45, 2.75) is 19.8 Å². The van der Waals surface area contributed by atoms with Crippen molar-refractivity contribution in [3.63, 3.8) is 0 Å². The number of nitrogens with zero attached hydrogens (tertiary/aromatic N) is 2. The fraction of sp³-hybridized carbons (Fsp3) is 0.385. The summed E-state index contributed by atoms with van der Waals surface area (Å²) < 4.78 is 1.29. The molecule has 7 nitrogen and oxygen atoms in total. The molecular formula is C13H15N3O4S. The number of aromatic nitrogens is 2. The van der Waals surface area contributed by atoms with Crippen LogP contribution in [0.4, 0.5) is 0 Å². The third-order valence-corrected chi connectivity index (χ3v) is 3.85. The van der Waals surface area contributed by atoms with Crippen LogP contribution in [0.1, 0.15) is 30.1 Å². The molecule has 0 fully saturated rings. The zero-order chi connectivity index (χ0) is 15.4. The Morgan fingerprint density at radius 3 is 2.95 bits per heavy atom. The standard InChI is InChI=1S/C13H15N3O4S/c1-2-3-8(12(19)20)6-14-10(17)9-7-15-13-16(11(9)18)4-5-21-13/h4-5,7-8H,2-3,6H2,1H3,(H,14,17)(H,19,20). The highest BCUT2D eigenvalue weighted by molar-refractivity contribution is 7.15. The SMILES string of the molecule is CCCC(CNC(=O)c1cnc2sccn2c1=O)C(=O)O. The number of amides is 1. The summed E-state index contributed by atoms with van der Waals surface area (Å²) in [5.41, 5.74) is -0.548. The highest BCUT2D eigenvalue weighted by atomic mass is 32.1. The summed E-state index contributed by atoms with van der Waals surface area (Å²) in [4.78, 5) is 39.6. The van der Waals surface area contributed by atoms with Crippen LogP contribution in [0.15, 0.2) is 22.6 Å². The van der Waals surface area contributed by atoms with Gasteiger partial charge in [0, 0.05) is 24.3 Å². The van der Waals surface area contributed by atoms with Crippen molar-refractivity contribution in [3.05, 3.63) is 33.7 Å². The van der Waals surface area contributed by atoms with Gasteiger partial charge in [0.05, 0.1) is 5.92 Å². The Hall–Kier alpha value is -2.22. The Kier molecular flexibility index (Phi) is 4.69. The summed E-state index contributed by atoms with van der Waals surface area (Å²) >= 11 is 1.29. The van der Waals surface area contributed by atoms with Crippen LogP contribution in [0.2, 0.25) is 0 Å². The molecule has 0 bridgehead atoms. The maximum absolute atomic E-state index is 12.1. The van der Waals surface area contributed by atoms with Crippen LogP contribution in [0.3, 0.4) is 0 Å². The van der Waals surface area contributed by atoms with Crippen molar-refractivity contribution >= 4 is 28.2 Å². The summed E-state index contributed by atoms with van der Waals surface area (Å²) in [6, 6.07) is 0. The number of thiazole rings is 1. The molecule has 21 heavy (non-hydrogen) atoms. The molecule has 2 heterocycles. The first kappa shape index (κ1) is 15.2. The molecule has 8 heteroatoms. The van der Waals surface area contributed by atoms with Crippen LogP contribution in [0, 0.1) is 5.92 Å². The van der Waals surface area contributed by atoms with Crippen molar-refractivity contribution in [2.75, 3.05) is 6.54 Å². The molecule has 0 aliphatic rings. The van der Waals surface area contributed by atoms with E-state index in [4.69, 9.17) is 5.11 Å². The van der Waals surface area contributed by atoms with E-state index in [1.165, 1.54) is 21.9 Å². The monoisotopic (exact) mass is 309 g/mol. The Morgan fingerprint density at radius 2 is 2.29 bits per heavy atom. The van der Waals surface area contributed by atoms with Crippen molar-refractivity contribution in [2.24, 2.45) is 5.92 Å². The minimum atomic E-state index is -0.958. The van der Waals surface area contributed by atoms with Gasteiger partial charge < -0.3 is 10.4 Å². The molecule has 1 atom stereocenters. The third-order valence-electron chi connectivity index (χ3n) is 3.08. The maximum atomic E-state index is 12.1. The number of hydrogen-bond acceptors (Lipinski definition) is 5. The number of fused-ring (bicyclic) bond motifs is 1. The van der Waals surface area contributed by atoms with E-state index in [0.29, 0.717) is 17.8 Å². The second kappa shape index (κ2) is 6.49. The Labute approximate surface area is 124 Å². The smallest absolute Gasteiger partial charge is 0.308 e. The topological polar surface area (TPSA) is 101 Å². The van der Waals surface area contributed by atoms with Gasteiger partial charge in [-0.1, -0.05) is 13.3 Å². The quantitative estimate of drug-likeness (QED) is 0.828. The van der Waals surface area contributed by atoms with Gasteiger partial charge in [0.1, 0.15) is 5.56 Å². The lowest BCUT2D eigenvalue weighted by atomic mass is 10.0. The van der Waals surface area contributed by atoms with E-state index in [2.05, 4.69) is 10.3 Å². The minimum absolute atomic E-state index is 0.00616. The van der Waals surface area contributed by atoms with Crippen molar-refractivity contribution in [1.82, 2.24) is 14.7 Å². The summed E-state index contributed by atoms with van der Waals surface area (Å²) in [5, 5.41) is 13.2. The molecular weight excluding hydrogens is 294 g/mol. The zero-order valence-corrected chi connectivity index (χ0v) is 12.2. The molecule has 2 aromatic heterocycles. The Morgan fingerprint density at radius 1 is 1.52 bits per heavy atom. The predicted octanol–water partition coefficient (Wildman–Crippen LogP) is 0.987. The molecule has 0 spiro atoms. The average molecular weight is 309 g/mol. The second-order valence-corrected chi connectivity index (χ2v) is 5.44. The van der Waals surface area contributed by atoms with Crippen molar-refractivity contribution < 1.29 is 14.7 Å². The van der Waals surface area contributed by atoms with Crippen molar-refractivity contribution in [3.8, 4) is 0 Å². The van der Waals surface area contributed by atoms with Crippen LogP contribution >= 0.6 is 11.3 Å². The molecule has 0 radical (unpaired) electrons. The van der Waals surface area contributed by atoms with E-state index in [9.17, 15) is 14.4 Å². The number of nitrogens with one attached hydrogen (secondary N) is 1. The minimum Gasteiger partial charge on any atom is -0.481 e. The van der Waals surface area contributed by atoms with Gasteiger partial charge in [-0.15, -0.1) is 11.3 Å². The van der Waals surface area contributed by atoms with E-state index in [1.807, 2.05) is 6.92 Å². The second-order valence-electron chi connectivity index (χ2n) is 4.57. The van der Waals surface area contributed by atoms with Gasteiger partial charge in [0.2, 0.25) is 0 Å². The van der Waals surface area contributed by atoms with E-state index < -0.39 is 23.4 Å². The van der Waals surface area contributed by atoms with Gasteiger partial charge >= 0.3 is 5.97 Å². The molecule has 1 unspecified atom stereocenters. The lowest BCUT2D eigenvalue weighted by molar-refractivity contribution is -0.141. The highest BCUT2D eigenvalue weighted by Crippen LogP contribution is 2.07. The maximum Gasteiger partial charge on any atom is 0.308 e. The molecule has 0 aliphatic carbocycles.